The zero-order chi connectivity index (χ0) is 35.7. The molecule has 0 spiro atoms. The maximum Gasteiger partial charge on any atom is 0.407 e. The number of nitriles is 1. The van der Waals surface area contributed by atoms with E-state index in [1.165, 1.54) is 19.1 Å². The SMILES string of the molecule is COCOc1cc(Cl)ccc1-c1cc(-c2cccc(C(=O)NCCN(C(=O)O)C(C)(C)C)c2)c(C#N)c(NC(=O)c2ccccc2OC)n1. The molecule has 3 aromatic carbocycles. The number of pyridine rings is 1. The smallest absolute Gasteiger partial charge is 0.407 e. The van der Waals surface area contributed by atoms with Crippen molar-refractivity contribution in [2.75, 3.05) is 39.4 Å². The molecular weight excluding hydrogens is 650 g/mol. The van der Waals surface area contributed by atoms with Crippen LogP contribution in [0, 0.1) is 11.3 Å². The lowest BCUT2D eigenvalue weighted by molar-refractivity contribution is 0.0515. The third-order valence-electron chi connectivity index (χ3n) is 7.36. The van der Waals surface area contributed by atoms with E-state index >= 15 is 0 Å². The first-order valence-electron chi connectivity index (χ1n) is 15.1. The van der Waals surface area contributed by atoms with E-state index in [4.69, 9.17) is 25.8 Å². The first-order chi connectivity index (χ1) is 23.4. The van der Waals surface area contributed by atoms with Gasteiger partial charge in [-0.25, -0.2) is 9.78 Å². The van der Waals surface area contributed by atoms with Gasteiger partial charge in [0.1, 0.15) is 23.1 Å². The van der Waals surface area contributed by atoms with E-state index in [-0.39, 0.29) is 42.4 Å². The molecule has 3 N–H and O–H groups in total. The number of benzene rings is 3. The highest BCUT2D eigenvalue weighted by Gasteiger charge is 2.26. The summed E-state index contributed by atoms with van der Waals surface area (Å²) in [6.45, 7) is 5.39. The van der Waals surface area contributed by atoms with Crippen molar-refractivity contribution in [1.82, 2.24) is 15.2 Å². The molecule has 0 atom stereocenters. The predicted octanol–water partition coefficient (Wildman–Crippen LogP) is 6.69. The lowest BCUT2D eigenvalue weighted by atomic mass is 9.96. The summed E-state index contributed by atoms with van der Waals surface area (Å²) in [5.74, 6) is -0.361. The van der Waals surface area contributed by atoms with Crippen molar-refractivity contribution in [3.8, 4) is 40.0 Å². The van der Waals surface area contributed by atoms with Gasteiger partial charge in [0.05, 0.1) is 18.4 Å². The number of amides is 3. The average Bonchev–Trinajstić information content (AvgIpc) is 3.08. The van der Waals surface area contributed by atoms with Crippen LogP contribution in [0.1, 0.15) is 47.1 Å². The highest BCUT2D eigenvalue weighted by Crippen LogP contribution is 2.37. The molecule has 4 rings (SSSR count). The van der Waals surface area contributed by atoms with Crippen molar-refractivity contribution in [3.63, 3.8) is 0 Å². The monoisotopic (exact) mass is 685 g/mol. The quantitative estimate of drug-likeness (QED) is 0.138. The van der Waals surface area contributed by atoms with Crippen molar-refractivity contribution in [2.24, 2.45) is 0 Å². The van der Waals surface area contributed by atoms with Crippen molar-refractivity contribution >= 4 is 35.3 Å². The summed E-state index contributed by atoms with van der Waals surface area (Å²) in [5.41, 5.74) is 1.57. The molecule has 0 unspecified atom stereocenters. The maximum atomic E-state index is 13.5. The van der Waals surface area contributed by atoms with Gasteiger partial charge in [-0.2, -0.15) is 5.26 Å². The van der Waals surface area contributed by atoms with E-state index in [2.05, 4.69) is 21.7 Å². The molecule has 0 saturated carbocycles. The van der Waals surface area contributed by atoms with Crippen LogP contribution in [-0.2, 0) is 4.74 Å². The molecule has 12 nitrogen and oxygen atoms in total. The number of aromatic nitrogens is 1. The number of carbonyl (C=O) groups is 3. The molecule has 0 aliphatic carbocycles. The Balaban J connectivity index is 1.79. The van der Waals surface area contributed by atoms with Crippen LogP contribution in [0.4, 0.5) is 10.6 Å². The Morgan fingerprint density at radius 2 is 1.71 bits per heavy atom. The number of carbonyl (C=O) groups excluding carboxylic acids is 2. The topological polar surface area (TPSA) is 163 Å². The molecule has 0 fully saturated rings. The highest BCUT2D eigenvalue weighted by atomic mass is 35.5. The van der Waals surface area contributed by atoms with Gasteiger partial charge in [-0.15, -0.1) is 0 Å². The first kappa shape index (κ1) is 36.2. The number of methoxy groups -OCH3 is 2. The minimum atomic E-state index is -1.09. The van der Waals surface area contributed by atoms with Gasteiger partial charge in [-0.3, -0.25) is 9.59 Å². The minimum Gasteiger partial charge on any atom is -0.496 e. The van der Waals surface area contributed by atoms with E-state index in [9.17, 15) is 24.8 Å². The van der Waals surface area contributed by atoms with Crippen molar-refractivity contribution in [2.45, 2.75) is 26.3 Å². The number of hydrogen-bond acceptors (Lipinski definition) is 8. The number of halogens is 1. The van der Waals surface area contributed by atoms with Crippen molar-refractivity contribution < 1.29 is 33.7 Å². The molecule has 0 saturated heterocycles. The number of nitrogens with one attached hydrogen (secondary N) is 2. The lowest BCUT2D eigenvalue weighted by Crippen LogP contribution is -2.48. The third-order valence-corrected chi connectivity index (χ3v) is 7.60. The van der Waals surface area contributed by atoms with Crippen LogP contribution in [-0.4, -0.2) is 72.5 Å². The molecule has 0 radical (unpaired) electrons. The van der Waals surface area contributed by atoms with Crippen LogP contribution in [0.5, 0.6) is 11.5 Å². The summed E-state index contributed by atoms with van der Waals surface area (Å²) in [4.78, 5) is 44.4. The van der Waals surface area contributed by atoms with Gasteiger partial charge in [0.15, 0.2) is 12.6 Å². The standard InChI is InChI=1S/C36H36ClN5O7/c1-36(2,3)42(35(45)46)16-15-39-33(43)23-10-8-9-22(17-23)27-19-29(25-14-13-24(37)18-31(25)49-21-47-4)40-32(28(27)20-38)41-34(44)26-11-6-7-12-30(26)48-5/h6-14,17-19H,15-16,21H2,1-5H3,(H,39,43)(H,45,46)(H,40,41,44). The Kier molecular flexibility index (Phi) is 11.8. The van der Waals surface area contributed by atoms with Gasteiger partial charge >= 0.3 is 6.09 Å². The number of ether oxygens (including phenoxy) is 3. The van der Waals surface area contributed by atoms with Gasteiger partial charge in [0.2, 0.25) is 0 Å². The fraction of sp³-hybridized carbons (Fsp3) is 0.250. The van der Waals surface area contributed by atoms with Crippen LogP contribution in [0.2, 0.25) is 5.02 Å². The normalized spacial score (nSPS) is 10.9. The molecule has 1 aromatic heterocycles. The van der Waals surface area contributed by atoms with E-state index < -0.39 is 23.4 Å². The zero-order valence-corrected chi connectivity index (χ0v) is 28.4. The van der Waals surface area contributed by atoms with E-state index in [1.54, 1.807) is 93.6 Å². The average molecular weight is 686 g/mol. The van der Waals surface area contributed by atoms with Crippen molar-refractivity contribution in [3.05, 3.63) is 94.5 Å². The second-order valence-corrected chi connectivity index (χ2v) is 12.1. The Morgan fingerprint density at radius 3 is 2.39 bits per heavy atom. The maximum absolute atomic E-state index is 13.5. The number of carboxylic acid groups (broad SMARTS) is 1. The molecular formula is C36H36ClN5O7. The largest absolute Gasteiger partial charge is 0.496 e. The minimum absolute atomic E-state index is 0.0376. The van der Waals surface area contributed by atoms with Gasteiger partial charge < -0.3 is 34.9 Å². The van der Waals surface area contributed by atoms with Gasteiger partial charge in [0.25, 0.3) is 11.8 Å². The number of para-hydroxylation sites is 1. The fourth-order valence-corrected chi connectivity index (χ4v) is 5.16. The Labute approximate surface area is 289 Å². The molecule has 0 aliphatic heterocycles. The van der Waals surface area contributed by atoms with E-state index in [0.29, 0.717) is 38.9 Å². The molecule has 0 aliphatic rings. The van der Waals surface area contributed by atoms with Crippen LogP contribution < -0.4 is 20.1 Å². The second kappa shape index (κ2) is 16.0. The highest BCUT2D eigenvalue weighted by molar-refractivity contribution is 6.30. The molecule has 13 heteroatoms. The number of rotatable bonds is 12. The Bertz CT molecular complexity index is 1900. The van der Waals surface area contributed by atoms with Crippen molar-refractivity contribution in [1.29, 1.82) is 5.26 Å². The summed E-state index contributed by atoms with van der Waals surface area (Å²) in [5, 5.41) is 25.9. The summed E-state index contributed by atoms with van der Waals surface area (Å²) in [6, 6.07) is 22.0. The number of hydrogen-bond donors (Lipinski definition) is 3. The number of nitrogens with zero attached hydrogens (tertiary/aromatic N) is 3. The van der Waals surface area contributed by atoms with Crippen LogP contribution >= 0.6 is 11.6 Å². The van der Waals surface area contributed by atoms with Gasteiger partial charge in [-0.05, 0) is 74.9 Å². The molecule has 49 heavy (non-hydrogen) atoms. The van der Waals surface area contributed by atoms with Crippen LogP contribution in [0.25, 0.3) is 22.4 Å². The molecule has 4 aromatic rings. The molecule has 0 bridgehead atoms. The van der Waals surface area contributed by atoms with E-state index in [1.807, 2.05) is 0 Å². The molecule has 1 heterocycles. The van der Waals surface area contributed by atoms with Crippen LogP contribution in [0.15, 0.2) is 72.8 Å². The Hall–Kier alpha value is -5.64. The second-order valence-electron chi connectivity index (χ2n) is 11.7. The lowest BCUT2D eigenvalue weighted by Gasteiger charge is -2.33. The molecule has 3 amide bonds. The van der Waals surface area contributed by atoms with Crippen LogP contribution in [0.3, 0.4) is 0 Å². The first-order valence-corrected chi connectivity index (χ1v) is 15.5. The Morgan fingerprint density at radius 1 is 0.959 bits per heavy atom. The molecule has 254 valence electrons. The van der Waals surface area contributed by atoms with Gasteiger partial charge in [-0.1, -0.05) is 35.9 Å². The van der Waals surface area contributed by atoms with E-state index in [0.717, 1.165) is 0 Å². The van der Waals surface area contributed by atoms with Gasteiger partial charge in [0, 0.05) is 47.5 Å². The summed E-state index contributed by atoms with van der Waals surface area (Å²) in [7, 11) is 2.92. The summed E-state index contributed by atoms with van der Waals surface area (Å²) >= 11 is 6.27. The third kappa shape index (κ3) is 8.84. The zero-order valence-electron chi connectivity index (χ0n) is 27.7. The summed E-state index contributed by atoms with van der Waals surface area (Å²) in [6.07, 6.45) is -1.09. The number of anilines is 1. The fourth-order valence-electron chi connectivity index (χ4n) is 5.00. The predicted molar refractivity (Wildman–Crippen MR) is 185 cm³/mol. The summed E-state index contributed by atoms with van der Waals surface area (Å²) < 4.78 is 16.2.